The molecule has 150 valence electrons. The van der Waals surface area contributed by atoms with E-state index in [1.807, 2.05) is 31.3 Å². The molecule has 3 heterocycles. The van der Waals surface area contributed by atoms with E-state index in [9.17, 15) is 9.59 Å². The Hall–Kier alpha value is -2.74. The maximum atomic E-state index is 12.7. The van der Waals surface area contributed by atoms with Crippen LogP contribution in [0.15, 0.2) is 35.0 Å². The van der Waals surface area contributed by atoms with Gasteiger partial charge in [0.2, 0.25) is 11.8 Å². The summed E-state index contributed by atoms with van der Waals surface area (Å²) in [6, 6.07) is 7.89. The van der Waals surface area contributed by atoms with Gasteiger partial charge in [0, 0.05) is 51.3 Å². The highest BCUT2D eigenvalue weighted by Gasteiger charge is 2.32. The lowest BCUT2D eigenvalue weighted by atomic mass is 10.1. The quantitative estimate of drug-likeness (QED) is 0.780. The molecule has 1 N–H and O–H groups in total. The molecule has 2 aromatic rings. The van der Waals surface area contributed by atoms with Crippen LogP contribution in [0.4, 0.5) is 0 Å². The van der Waals surface area contributed by atoms with Crippen LogP contribution in [0.25, 0.3) is 11.4 Å². The number of nitrogens with zero attached hydrogens (tertiary/aromatic N) is 4. The summed E-state index contributed by atoms with van der Waals surface area (Å²) in [5, 5.41) is 6.90. The zero-order chi connectivity index (χ0) is 20.1. The van der Waals surface area contributed by atoms with E-state index in [1.54, 1.807) is 18.1 Å². The molecule has 2 atom stereocenters. The average molecular weight is 385 g/mol. The molecule has 0 radical (unpaired) electrons. The third-order valence-corrected chi connectivity index (χ3v) is 5.29. The maximum absolute atomic E-state index is 12.7. The second-order valence-electron chi connectivity index (χ2n) is 7.33. The van der Waals surface area contributed by atoms with E-state index in [0.717, 1.165) is 18.5 Å². The number of likely N-dealkylation sites (tertiary alicyclic amines) is 1. The highest BCUT2D eigenvalue weighted by atomic mass is 16.5. The van der Waals surface area contributed by atoms with E-state index in [0.29, 0.717) is 31.0 Å². The van der Waals surface area contributed by atoms with Crippen molar-refractivity contribution in [1.82, 2.24) is 25.3 Å². The minimum atomic E-state index is -0.0233. The third-order valence-electron chi connectivity index (χ3n) is 5.29. The largest absolute Gasteiger partial charge is 0.359 e. The Morgan fingerprint density at radius 3 is 2.79 bits per heavy atom. The number of carbonyl (C=O) groups is 2. The van der Waals surface area contributed by atoms with Gasteiger partial charge in [-0.2, -0.15) is 0 Å². The lowest BCUT2D eigenvalue weighted by Gasteiger charge is -2.27. The van der Waals surface area contributed by atoms with Gasteiger partial charge in [0.1, 0.15) is 5.69 Å². The molecule has 1 aliphatic rings. The number of rotatable bonds is 7. The molecule has 2 aromatic heterocycles. The molecule has 0 aliphatic carbocycles. The van der Waals surface area contributed by atoms with E-state index in [4.69, 9.17) is 4.52 Å². The molecule has 2 amide bonds. The summed E-state index contributed by atoms with van der Waals surface area (Å²) >= 11 is 0. The normalized spacial score (nSPS) is 19.5. The maximum Gasteiger partial charge on any atom is 0.224 e. The third kappa shape index (κ3) is 4.95. The van der Waals surface area contributed by atoms with Crippen LogP contribution in [0, 0.1) is 0 Å². The lowest BCUT2D eigenvalue weighted by Crippen LogP contribution is -2.42. The average Bonchev–Trinajstić information content (AvgIpc) is 3.28. The molecule has 28 heavy (non-hydrogen) atoms. The van der Waals surface area contributed by atoms with Crippen LogP contribution in [0.5, 0.6) is 0 Å². The number of aromatic nitrogens is 2. The molecule has 8 nitrogen and oxygen atoms in total. The van der Waals surface area contributed by atoms with Crippen molar-refractivity contribution in [1.29, 1.82) is 0 Å². The van der Waals surface area contributed by atoms with Crippen molar-refractivity contribution >= 4 is 11.8 Å². The molecule has 8 heteroatoms. The Balaban J connectivity index is 1.51. The van der Waals surface area contributed by atoms with Gasteiger partial charge in [0.25, 0.3) is 0 Å². The van der Waals surface area contributed by atoms with Crippen molar-refractivity contribution in [3.8, 4) is 11.4 Å². The van der Waals surface area contributed by atoms with Crippen LogP contribution < -0.4 is 5.32 Å². The molecule has 0 bridgehead atoms. The van der Waals surface area contributed by atoms with Crippen molar-refractivity contribution in [2.45, 2.75) is 44.8 Å². The SMILES string of the molecule is CC(=O)NC[C@H]1CC[C@@H](CC(=O)N(C)Cc2cc(-c3ccccn3)no2)N1C. The summed E-state index contributed by atoms with van der Waals surface area (Å²) in [4.78, 5) is 31.9. The van der Waals surface area contributed by atoms with Crippen molar-refractivity contribution in [2.24, 2.45) is 0 Å². The van der Waals surface area contributed by atoms with Gasteiger partial charge in [-0.15, -0.1) is 0 Å². The van der Waals surface area contributed by atoms with E-state index < -0.39 is 0 Å². The minimum Gasteiger partial charge on any atom is -0.359 e. The number of hydrogen-bond donors (Lipinski definition) is 1. The monoisotopic (exact) mass is 385 g/mol. The summed E-state index contributed by atoms with van der Waals surface area (Å²) in [5.41, 5.74) is 1.40. The fourth-order valence-corrected chi connectivity index (χ4v) is 3.55. The van der Waals surface area contributed by atoms with Gasteiger partial charge in [0.05, 0.1) is 12.2 Å². The van der Waals surface area contributed by atoms with Gasteiger partial charge in [-0.3, -0.25) is 19.5 Å². The van der Waals surface area contributed by atoms with Crippen molar-refractivity contribution in [2.75, 3.05) is 20.6 Å². The molecule has 0 aromatic carbocycles. The van der Waals surface area contributed by atoms with Gasteiger partial charge < -0.3 is 14.7 Å². The predicted octanol–water partition coefficient (Wildman–Crippen LogP) is 1.68. The minimum absolute atomic E-state index is 0.0233. The van der Waals surface area contributed by atoms with Crippen LogP contribution >= 0.6 is 0 Å². The van der Waals surface area contributed by atoms with Crippen LogP contribution in [-0.2, 0) is 16.1 Å². The van der Waals surface area contributed by atoms with Crippen LogP contribution in [0.3, 0.4) is 0 Å². The lowest BCUT2D eigenvalue weighted by molar-refractivity contribution is -0.131. The Bertz CT molecular complexity index is 807. The van der Waals surface area contributed by atoms with E-state index in [1.165, 1.54) is 6.92 Å². The Morgan fingerprint density at radius 2 is 2.07 bits per heavy atom. The van der Waals surface area contributed by atoms with Crippen molar-refractivity contribution < 1.29 is 14.1 Å². The highest BCUT2D eigenvalue weighted by Crippen LogP contribution is 2.25. The zero-order valence-electron chi connectivity index (χ0n) is 16.6. The van der Waals surface area contributed by atoms with E-state index >= 15 is 0 Å². The number of nitrogens with one attached hydrogen (secondary N) is 1. The molecule has 3 rings (SSSR count). The predicted molar refractivity (Wildman–Crippen MR) is 104 cm³/mol. The van der Waals surface area contributed by atoms with Crippen molar-refractivity contribution in [3.05, 3.63) is 36.2 Å². The Morgan fingerprint density at radius 1 is 1.29 bits per heavy atom. The summed E-state index contributed by atoms with van der Waals surface area (Å²) in [7, 11) is 3.79. The standard InChI is InChI=1S/C20H27N5O3/c1-14(26)22-12-16-8-7-15(25(16)3)10-20(27)24(2)13-17-11-19(23-28-17)18-6-4-5-9-21-18/h4-6,9,11,15-16H,7-8,10,12-13H2,1-3H3,(H,22,26)/t15-,16+/m0/s1. The number of hydrogen-bond acceptors (Lipinski definition) is 6. The van der Waals surface area contributed by atoms with Gasteiger partial charge in [0.15, 0.2) is 5.76 Å². The first kappa shape index (κ1) is 20.0. The van der Waals surface area contributed by atoms with E-state index in [-0.39, 0.29) is 23.9 Å². The molecule has 0 unspecified atom stereocenters. The Kier molecular flexibility index (Phi) is 6.41. The fraction of sp³-hybridized carbons (Fsp3) is 0.500. The first-order chi connectivity index (χ1) is 13.4. The van der Waals surface area contributed by atoms with Gasteiger partial charge in [-0.1, -0.05) is 11.2 Å². The summed E-state index contributed by atoms with van der Waals surface area (Å²) < 4.78 is 5.37. The molecule has 0 saturated carbocycles. The van der Waals surface area contributed by atoms with Gasteiger partial charge in [-0.25, -0.2) is 0 Å². The molecule has 0 spiro atoms. The number of amides is 2. The summed E-state index contributed by atoms with van der Waals surface area (Å²) in [6.45, 7) is 2.51. The molecule has 1 fully saturated rings. The number of pyridine rings is 1. The van der Waals surface area contributed by atoms with Crippen LogP contribution in [0.1, 0.15) is 31.9 Å². The van der Waals surface area contributed by atoms with Gasteiger partial charge in [-0.05, 0) is 32.0 Å². The Labute approximate surface area is 164 Å². The van der Waals surface area contributed by atoms with Crippen molar-refractivity contribution in [3.63, 3.8) is 0 Å². The second kappa shape index (κ2) is 8.97. The summed E-state index contributed by atoms with van der Waals surface area (Å²) in [6.07, 6.45) is 4.09. The number of likely N-dealkylation sites (N-methyl/N-ethyl adjacent to an activating group) is 1. The molecular weight excluding hydrogens is 358 g/mol. The first-order valence-electron chi connectivity index (χ1n) is 9.51. The van der Waals surface area contributed by atoms with Crippen LogP contribution in [-0.4, -0.2) is 64.5 Å². The van der Waals surface area contributed by atoms with Crippen LogP contribution in [0.2, 0.25) is 0 Å². The van der Waals surface area contributed by atoms with E-state index in [2.05, 4.69) is 20.4 Å². The fourth-order valence-electron chi connectivity index (χ4n) is 3.55. The zero-order valence-corrected chi connectivity index (χ0v) is 16.6. The summed E-state index contributed by atoms with van der Waals surface area (Å²) in [5.74, 6) is 0.664. The van der Waals surface area contributed by atoms with Gasteiger partial charge >= 0.3 is 0 Å². The topological polar surface area (TPSA) is 91.6 Å². The number of carbonyl (C=O) groups excluding carboxylic acids is 2. The molecule has 1 aliphatic heterocycles. The highest BCUT2D eigenvalue weighted by molar-refractivity contribution is 5.76. The first-order valence-corrected chi connectivity index (χ1v) is 9.51. The smallest absolute Gasteiger partial charge is 0.224 e. The molecular formula is C20H27N5O3. The molecule has 1 saturated heterocycles. The second-order valence-corrected chi connectivity index (χ2v) is 7.33.